The van der Waals surface area contributed by atoms with Gasteiger partial charge in [-0.15, -0.1) is 11.3 Å². The molecule has 0 aliphatic heterocycles. The highest BCUT2D eigenvalue weighted by molar-refractivity contribution is 7.89. The molecule has 3 rings (SSSR count). The second kappa shape index (κ2) is 16.7. The van der Waals surface area contributed by atoms with Crippen LogP contribution < -0.4 is 20.3 Å². The smallest absolute Gasteiger partial charge is 0.421 e. The van der Waals surface area contributed by atoms with Gasteiger partial charge >= 0.3 is 18.2 Å². The molecule has 294 valence electrons. The van der Waals surface area contributed by atoms with Gasteiger partial charge in [0.05, 0.1) is 15.5 Å². The second-order valence-electron chi connectivity index (χ2n) is 15.7. The number of carbonyl (C=O) groups is 4. The molecule has 0 bridgehead atoms. The summed E-state index contributed by atoms with van der Waals surface area (Å²) in [7, 11) is -4.21. The van der Waals surface area contributed by atoms with Crippen LogP contribution in [0.15, 0.2) is 53.4 Å². The van der Waals surface area contributed by atoms with Crippen LogP contribution in [0.5, 0.6) is 0 Å². The largest absolute Gasteiger partial charge is 0.459 e. The van der Waals surface area contributed by atoms with E-state index >= 15 is 0 Å². The third-order valence-electron chi connectivity index (χ3n) is 6.97. The topological polar surface area (TPSA) is 193 Å². The summed E-state index contributed by atoms with van der Waals surface area (Å²) in [6.07, 6.45) is -1.86. The fraction of sp³-hybridized carbons (Fsp3) is 0.447. The van der Waals surface area contributed by atoms with Crippen molar-refractivity contribution in [3.8, 4) is 10.4 Å². The maximum absolute atomic E-state index is 13.6. The van der Waals surface area contributed by atoms with Gasteiger partial charge in [0.25, 0.3) is 5.91 Å². The van der Waals surface area contributed by atoms with Gasteiger partial charge in [0.15, 0.2) is 0 Å². The number of ether oxygens (including phenoxy) is 3. The highest BCUT2D eigenvalue weighted by Crippen LogP contribution is 2.32. The maximum Gasteiger partial charge on any atom is 0.421 e. The Kier molecular flexibility index (Phi) is 13.5. The van der Waals surface area contributed by atoms with E-state index in [1.165, 1.54) is 0 Å². The van der Waals surface area contributed by atoms with Crippen LogP contribution in [0.2, 0.25) is 0 Å². The van der Waals surface area contributed by atoms with Crippen LogP contribution in [-0.4, -0.2) is 67.8 Å². The van der Waals surface area contributed by atoms with Crippen LogP contribution in [0.1, 0.15) is 88.7 Å². The summed E-state index contributed by atoms with van der Waals surface area (Å²) in [5.41, 5.74) is -0.0461. The minimum Gasteiger partial charge on any atom is -0.459 e. The third kappa shape index (κ3) is 12.7. The van der Waals surface area contributed by atoms with Crippen LogP contribution in [0.25, 0.3) is 10.4 Å². The lowest BCUT2D eigenvalue weighted by Gasteiger charge is -2.28. The van der Waals surface area contributed by atoms with E-state index in [-0.39, 0.29) is 15.5 Å². The molecule has 1 atom stereocenters. The highest BCUT2D eigenvalue weighted by Gasteiger charge is 2.33. The molecule has 1 aromatic heterocycles. The van der Waals surface area contributed by atoms with Gasteiger partial charge in [-0.3, -0.25) is 20.3 Å². The third-order valence-corrected chi connectivity index (χ3v) is 9.88. The number of rotatable bonds is 9. The van der Waals surface area contributed by atoms with E-state index in [9.17, 15) is 27.6 Å². The van der Waals surface area contributed by atoms with Crippen molar-refractivity contribution in [1.29, 1.82) is 5.41 Å². The van der Waals surface area contributed by atoms with Crippen molar-refractivity contribution in [1.82, 2.24) is 15.4 Å². The fourth-order valence-electron chi connectivity index (χ4n) is 5.17. The average molecular weight is 786 g/mol. The molecule has 0 aliphatic rings. The van der Waals surface area contributed by atoms with Crippen molar-refractivity contribution in [3.63, 3.8) is 0 Å². The van der Waals surface area contributed by atoms with Gasteiger partial charge in [-0.1, -0.05) is 29.8 Å². The quantitative estimate of drug-likeness (QED) is 0.0768. The van der Waals surface area contributed by atoms with E-state index in [0.29, 0.717) is 21.6 Å². The zero-order valence-corrected chi connectivity index (χ0v) is 34.5. The predicted molar refractivity (Wildman–Crippen MR) is 209 cm³/mol. The van der Waals surface area contributed by atoms with Crippen LogP contribution in [0.4, 0.5) is 15.3 Å². The molecule has 16 heteroatoms. The van der Waals surface area contributed by atoms with Gasteiger partial charge in [-0.05, 0) is 124 Å². The van der Waals surface area contributed by atoms with Gasteiger partial charge in [0.1, 0.15) is 22.8 Å². The van der Waals surface area contributed by atoms with Gasteiger partial charge in [-0.25, -0.2) is 22.9 Å². The number of guanidine groups is 1. The molecule has 0 spiro atoms. The summed E-state index contributed by atoms with van der Waals surface area (Å²) in [6, 6.07) is 11.8. The van der Waals surface area contributed by atoms with Crippen molar-refractivity contribution in [2.24, 2.45) is 0 Å². The maximum atomic E-state index is 13.6. The Morgan fingerprint density at radius 2 is 1.39 bits per heavy atom. The van der Waals surface area contributed by atoms with E-state index in [1.807, 2.05) is 6.92 Å². The summed E-state index contributed by atoms with van der Waals surface area (Å²) in [5.74, 6) is -2.04. The van der Waals surface area contributed by atoms with Gasteiger partial charge in [0.2, 0.25) is 16.0 Å². The van der Waals surface area contributed by atoms with Crippen molar-refractivity contribution in [2.45, 2.75) is 111 Å². The standard InChI is InChI=1S/C38H51N5O9S2/c1-22-18-23(2)30(24(3)19-22)54(48,49)42-27(32(45)50-36(4,5)6)21-40-31(44)29-17-16-28(53-29)25-14-13-15-26(20-25)43(35(47)52-38(10,11)12)33(39)41-34(46)51-37(7,8)9/h13-20,27,42H,21H2,1-12H3,(H,40,44)(H2,39,41,46). The molecule has 0 aliphatic carbocycles. The Morgan fingerprint density at radius 1 is 0.815 bits per heavy atom. The summed E-state index contributed by atoms with van der Waals surface area (Å²) >= 11 is 1.10. The second-order valence-corrected chi connectivity index (χ2v) is 18.4. The number of alkyl carbamates (subject to hydrolysis) is 1. The number of thiophene rings is 1. The zero-order valence-electron chi connectivity index (χ0n) is 32.8. The number of nitrogens with one attached hydrogen (secondary N) is 4. The SMILES string of the molecule is Cc1cc(C)c(S(=O)(=O)NC(CNC(=O)c2ccc(-c3cccc(N(C(=N)NC(=O)OC(C)(C)C)C(=O)OC(C)(C)C)c3)s2)C(=O)OC(C)(C)C)c(C)c1. The number of anilines is 1. The highest BCUT2D eigenvalue weighted by atomic mass is 32.2. The first-order chi connectivity index (χ1) is 24.7. The van der Waals surface area contributed by atoms with Crippen molar-refractivity contribution >= 4 is 57.1 Å². The molecule has 0 saturated heterocycles. The van der Waals surface area contributed by atoms with Crippen LogP contribution in [0, 0.1) is 26.2 Å². The zero-order chi connectivity index (χ0) is 41.0. The monoisotopic (exact) mass is 785 g/mol. The Hall–Kier alpha value is -4.80. The van der Waals surface area contributed by atoms with E-state index in [1.54, 1.807) is 125 Å². The minimum absolute atomic E-state index is 0.0408. The molecule has 1 unspecified atom stereocenters. The number of sulfonamides is 1. The lowest BCUT2D eigenvalue weighted by molar-refractivity contribution is -0.156. The summed E-state index contributed by atoms with van der Waals surface area (Å²) in [4.78, 5) is 54.2. The van der Waals surface area contributed by atoms with Gasteiger partial charge in [0, 0.05) is 11.4 Å². The number of hydrogen-bond acceptors (Lipinski definition) is 11. The predicted octanol–water partition coefficient (Wildman–Crippen LogP) is 6.96. The Morgan fingerprint density at radius 3 is 1.94 bits per heavy atom. The number of benzene rings is 2. The summed E-state index contributed by atoms with van der Waals surface area (Å²) in [6.45, 7) is 19.7. The van der Waals surface area contributed by atoms with Gasteiger partial charge in [-0.2, -0.15) is 4.72 Å². The molecule has 54 heavy (non-hydrogen) atoms. The Bertz CT molecular complexity index is 2000. The number of hydrogen-bond donors (Lipinski definition) is 4. The first-order valence-electron chi connectivity index (χ1n) is 17.1. The number of amides is 3. The average Bonchev–Trinajstić information content (AvgIpc) is 3.46. The molecule has 1 heterocycles. The molecule has 3 amide bonds. The van der Waals surface area contributed by atoms with Crippen LogP contribution in [-0.2, 0) is 29.0 Å². The van der Waals surface area contributed by atoms with Crippen molar-refractivity contribution < 1.29 is 41.8 Å². The van der Waals surface area contributed by atoms with E-state index in [0.717, 1.165) is 21.8 Å². The molecular formula is C38H51N5O9S2. The number of esters is 1. The first-order valence-corrected chi connectivity index (χ1v) is 19.4. The van der Waals surface area contributed by atoms with Gasteiger partial charge < -0.3 is 19.5 Å². The lowest BCUT2D eigenvalue weighted by atomic mass is 10.1. The molecule has 14 nitrogen and oxygen atoms in total. The fourth-order valence-corrected chi connectivity index (χ4v) is 7.72. The van der Waals surface area contributed by atoms with E-state index in [4.69, 9.17) is 19.6 Å². The Labute approximate surface area is 321 Å². The van der Waals surface area contributed by atoms with Crippen molar-refractivity contribution in [3.05, 3.63) is 70.1 Å². The normalized spacial score (nSPS) is 12.7. The molecule has 2 aromatic carbocycles. The molecular weight excluding hydrogens is 735 g/mol. The van der Waals surface area contributed by atoms with Crippen LogP contribution >= 0.6 is 11.3 Å². The molecule has 0 fully saturated rings. The van der Waals surface area contributed by atoms with Crippen molar-refractivity contribution in [2.75, 3.05) is 11.4 Å². The molecule has 0 radical (unpaired) electrons. The summed E-state index contributed by atoms with van der Waals surface area (Å²) < 4.78 is 45.9. The molecule has 0 saturated carbocycles. The van der Waals surface area contributed by atoms with Crippen LogP contribution in [0.3, 0.4) is 0 Å². The number of aryl methyl sites for hydroxylation is 3. The minimum atomic E-state index is -4.21. The summed E-state index contributed by atoms with van der Waals surface area (Å²) in [5, 5.41) is 13.5. The first kappa shape index (κ1) is 43.6. The molecule has 3 aromatic rings. The number of nitrogens with zero attached hydrogens (tertiary/aromatic N) is 1. The Balaban J connectivity index is 1.88. The molecule has 4 N–H and O–H groups in total. The van der Waals surface area contributed by atoms with E-state index in [2.05, 4.69) is 15.4 Å². The number of carbonyl (C=O) groups excluding carboxylic acids is 4. The van der Waals surface area contributed by atoms with E-state index < -0.39 is 69.4 Å². The lowest BCUT2D eigenvalue weighted by Crippen LogP contribution is -2.50.